The number of pyridine rings is 1. The maximum absolute atomic E-state index is 10.9. The third kappa shape index (κ3) is 0.675. The fraction of sp³-hybridized carbons (Fsp3) is 0.286. The van der Waals surface area contributed by atoms with Crippen LogP contribution in [-0.2, 0) is 6.42 Å². The van der Waals surface area contributed by atoms with E-state index in [1.165, 1.54) is 0 Å². The van der Waals surface area contributed by atoms with Gasteiger partial charge in [-0.15, -0.1) is 0 Å². The minimum Gasteiger partial charge on any atom is -0.758 e. The molecule has 0 N–H and O–H groups in total. The van der Waals surface area contributed by atoms with Crippen molar-refractivity contribution in [3.05, 3.63) is 29.2 Å². The molecule has 0 saturated heterocycles. The first-order chi connectivity index (χ1) is 4.88. The third-order valence-corrected chi connectivity index (χ3v) is 1.69. The van der Waals surface area contributed by atoms with Crippen molar-refractivity contribution in [2.45, 2.75) is 6.42 Å². The second-order valence-electron chi connectivity index (χ2n) is 2.32. The van der Waals surface area contributed by atoms with Gasteiger partial charge in [-0.05, 0) is 12.1 Å². The van der Waals surface area contributed by atoms with Crippen LogP contribution in [0.15, 0.2) is 18.3 Å². The summed E-state index contributed by atoms with van der Waals surface area (Å²) in [5.74, 6) is 0. The van der Waals surface area contributed by atoms with Crippen molar-refractivity contribution >= 4 is 5.69 Å². The minimum absolute atomic E-state index is 0.562. The average Bonchev–Trinajstić information content (AvgIpc) is 2.34. The van der Waals surface area contributed by atoms with Gasteiger partial charge in [-0.2, -0.15) is 0 Å². The molecule has 1 aliphatic heterocycles. The van der Waals surface area contributed by atoms with Crippen LogP contribution in [0.25, 0.3) is 0 Å². The first-order valence-corrected chi connectivity index (χ1v) is 3.26. The zero-order chi connectivity index (χ0) is 6.97. The second kappa shape index (κ2) is 1.95. The van der Waals surface area contributed by atoms with E-state index in [9.17, 15) is 5.21 Å². The van der Waals surface area contributed by atoms with E-state index in [1.807, 2.05) is 6.07 Å². The van der Waals surface area contributed by atoms with Gasteiger partial charge in [0.15, 0.2) is 0 Å². The molecule has 52 valence electrons. The molecule has 1 aromatic rings. The van der Waals surface area contributed by atoms with Gasteiger partial charge < -0.3 is 10.3 Å². The van der Waals surface area contributed by atoms with Crippen molar-refractivity contribution in [3.63, 3.8) is 0 Å². The Morgan fingerprint density at radius 2 is 2.50 bits per heavy atom. The lowest BCUT2D eigenvalue weighted by molar-refractivity contribution is 0.976. The highest BCUT2D eigenvalue weighted by atomic mass is 16.5. The number of nitrogens with zero attached hydrogens (tertiary/aromatic N) is 2. The third-order valence-electron chi connectivity index (χ3n) is 1.69. The molecule has 0 aliphatic carbocycles. The lowest BCUT2D eigenvalue weighted by atomic mass is 10.3. The summed E-state index contributed by atoms with van der Waals surface area (Å²) in [6.45, 7) is 0.562. The van der Waals surface area contributed by atoms with Crippen LogP contribution in [-0.4, -0.2) is 11.5 Å². The fourth-order valence-electron chi connectivity index (χ4n) is 1.18. The Balaban J connectivity index is 2.51. The first-order valence-electron chi connectivity index (χ1n) is 3.26. The predicted octanol–water partition coefficient (Wildman–Crippen LogP) is 0.942. The molecule has 0 atom stereocenters. The van der Waals surface area contributed by atoms with Crippen LogP contribution in [0.5, 0.6) is 0 Å². The van der Waals surface area contributed by atoms with Crippen LogP contribution in [0.2, 0.25) is 0 Å². The van der Waals surface area contributed by atoms with E-state index in [4.69, 9.17) is 0 Å². The number of hydrogen-bond acceptors (Lipinski definition) is 3. The van der Waals surface area contributed by atoms with E-state index in [2.05, 4.69) is 4.98 Å². The summed E-state index contributed by atoms with van der Waals surface area (Å²) in [6, 6.07) is 3.59. The molecule has 3 heteroatoms. The predicted molar refractivity (Wildman–Crippen MR) is 38.7 cm³/mol. The van der Waals surface area contributed by atoms with Gasteiger partial charge in [-0.25, -0.2) is 0 Å². The molecule has 0 saturated carbocycles. The minimum atomic E-state index is 0.562. The Labute approximate surface area is 58.9 Å². The Morgan fingerprint density at radius 1 is 1.60 bits per heavy atom. The van der Waals surface area contributed by atoms with Gasteiger partial charge in [-0.1, -0.05) is 0 Å². The molecule has 0 bridgehead atoms. The molecule has 0 amide bonds. The van der Waals surface area contributed by atoms with E-state index in [0.717, 1.165) is 22.9 Å². The molecule has 0 unspecified atom stereocenters. The molecule has 2 heterocycles. The topological polar surface area (TPSA) is 39.2 Å². The number of aromatic nitrogens is 1. The highest BCUT2D eigenvalue weighted by Crippen LogP contribution is 2.23. The van der Waals surface area contributed by atoms with Gasteiger partial charge >= 0.3 is 0 Å². The Hall–Kier alpha value is -1.09. The molecule has 0 spiro atoms. The highest BCUT2D eigenvalue weighted by Gasteiger charge is 2.11. The number of fused-ring (bicyclic) bond motifs is 1. The van der Waals surface area contributed by atoms with E-state index in [1.54, 1.807) is 12.3 Å². The summed E-state index contributed by atoms with van der Waals surface area (Å²) in [5.41, 5.74) is 1.67. The molecule has 0 aromatic carbocycles. The van der Waals surface area contributed by atoms with Crippen LogP contribution < -0.4 is 5.06 Å². The number of hydroxylamine groups is 1. The summed E-state index contributed by atoms with van der Waals surface area (Å²) >= 11 is 0. The molecule has 2 rings (SSSR count). The molecule has 0 radical (unpaired) electrons. The lowest BCUT2D eigenvalue weighted by Gasteiger charge is -2.23. The van der Waals surface area contributed by atoms with Crippen molar-refractivity contribution in [1.82, 2.24) is 4.98 Å². The summed E-state index contributed by atoms with van der Waals surface area (Å²) < 4.78 is 0. The van der Waals surface area contributed by atoms with E-state index < -0.39 is 0 Å². The number of hydrogen-bond donors (Lipinski definition) is 0. The van der Waals surface area contributed by atoms with Crippen LogP contribution in [0, 0.1) is 5.21 Å². The van der Waals surface area contributed by atoms with Gasteiger partial charge in [0.05, 0.1) is 5.69 Å². The standard InChI is InChI=1S/C7H7N2O/c10-9-5-3-6-7(9)2-1-4-8-6/h1-2,4H,3,5H2/q-1. The van der Waals surface area contributed by atoms with E-state index >= 15 is 0 Å². The monoisotopic (exact) mass is 135 g/mol. The fourth-order valence-corrected chi connectivity index (χ4v) is 1.18. The molecule has 1 aliphatic rings. The second-order valence-corrected chi connectivity index (χ2v) is 2.32. The van der Waals surface area contributed by atoms with Crippen LogP contribution in [0.1, 0.15) is 5.69 Å². The maximum Gasteiger partial charge on any atom is 0.0646 e. The van der Waals surface area contributed by atoms with Crippen LogP contribution >= 0.6 is 0 Å². The lowest BCUT2D eigenvalue weighted by Crippen LogP contribution is -2.09. The van der Waals surface area contributed by atoms with Gasteiger partial charge in [0.2, 0.25) is 0 Å². The number of rotatable bonds is 0. The molecular formula is C7H7N2O-. The zero-order valence-corrected chi connectivity index (χ0v) is 5.45. The van der Waals surface area contributed by atoms with Crippen molar-refractivity contribution in [3.8, 4) is 0 Å². The van der Waals surface area contributed by atoms with Crippen LogP contribution in [0.4, 0.5) is 5.69 Å². The largest absolute Gasteiger partial charge is 0.758 e. The quantitative estimate of drug-likeness (QED) is 0.531. The zero-order valence-electron chi connectivity index (χ0n) is 5.45. The molecular weight excluding hydrogens is 128 g/mol. The van der Waals surface area contributed by atoms with Gasteiger partial charge in [0, 0.05) is 24.8 Å². The Morgan fingerprint density at radius 3 is 3.30 bits per heavy atom. The highest BCUT2D eigenvalue weighted by molar-refractivity contribution is 5.55. The van der Waals surface area contributed by atoms with Crippen molar-refractivity contribution in [2.24, 2.45) is 0 Å². The Bertz CT molecular complexity index is 249. The summed E-state index contributed by atoms with van der Waals surface area (Å²) in [7, 11) is 0. The van der Waals surface area contributed by atoms with Crippen molar-refractivity contribution < 1.29 is 0 Å². The summed E-state index contributed by atoms with van der Waals surface area (Å²) in [4.78, 5) is 4.07. The molecule has 10 heavy (non-hydrogen) atoms. The maximum atomic E-state index is 10.9. The Kier molecular flexibility index (Phi) is 1.11. The average molecular weight is 135 g/mol. The normalized spacial score (nSPS) is 15.5. The molecule has 1 aromatic heterocycles. The van der Waals surface area contributed by atoms with E-state index in [-0.39, 0.29) is 0 Å². The van der Waals surface area contributed by atoms with E-state index in [0.29, 0.717) is 6.54 Å². The van der Waals surface area contributed by atoms with Crippen molar-refractivity contribution in [1.29, 1.82) is 0 Å². The molecule has 3 nitrogen and oxygen atoms in total. The number of anilines is 1. The summed E-state index contributed by atoms with van der Waals surface area (Å²) in [6.07, 6.45) is 2.51. The first kappa shape index (κ1) is 5.68. The smallest absolute Gasteiger partial charge is 0.0646 e. The van der Waals surface area contributed by atoms with Crippen molar-refractivity contribution in [2.75, 3.05) is 11.6 Å². The van der Waals surface area contributed by atoms with Gasteiger partial charge in [-0.3, -0.25) is 4.98 Å². The molecule has 0 fully saturated rings. The summed E-state index contributed by atoms with van der Waals surface area (Å²) in [5, 5.41) is 11.9. The SMILES string of the molecule is [O-]N1CCc2ncccc21. The van der Waals surface area contributed by atoms with Gasteiger partial charge in [0.1, 0.15) is 0 Å². The van der Waals surface area contributed by atoms with Crippen LogP contribution in [0.3, 0.4) is 0 Å². The van der Waals surface area contributed by atoms with Gasteiger partial charge in [0.25, 0.3) is 0 Å².